The lowest BCUT2D eigenvalue weighted by Crippen LogP contribution is -2.19. The van der Waals surface area contributed by atoms with Gasteiger partial charge in [0.05, 0.1) is 12.3 Å². The first-order valence-electron chi connectivity index (χ1n) is 15.3. The molecule has 0 bridgehead atoms. The van der Waals surface area contributed by atoms with Gasteiger partial charge in [-0.05, 0) is 32.1 Å². The second kappa shape index (κ2) is 28.0. The van der Waals surface area contributed by atoms with E-state index in [2.05, 4.69) is 25.7 Å². The van der Waals surface area contributed by atoms with E-state index in [1.54, 1.807) is 0 Å². The lowest BCUT2D eigenvalue weighted by Gasteiger charge is -2.11. The third kappa shape index (κ3) is 25.5. The van der Waals surface area contributed by atoms with Crippen LogP contribution in [0.5, 0.6) is 0 Å². The number of hydrogen-bond donors (Lipinski definition) is 1. The summed E-state index contributed by atoms with van der Waals surface area (Å²) in [6, 6.07) is 0. The topological polar surface area (TPSA) is 63.6 Å². The Bertz CT molecular complexity index is 540. The van der Waals surface area contributed by atoms with E-state index < -0.39 is 17.9 Å². The molecule has 0 aromatic rings. The van der Waals surface area contributed by atoms with Crippen LogP contribution in [0.2, 0.25) is 0 Å². The van der Waals surface area contributed by atoms with Crippen LogP contribution in [0.15, 0.2) is 24.8 Å². The molecule has 210 valence electrons. The minimum absolute atomic E-state index is 0.0483. The fourth-order valence-electron chi connectivity index (χ4n) is 4.60. The van der Waals surface area contributed by atoms with Gasteiger partial charge in [-0.2, -0.15) is 0 Å². The van der Waals surface area contributed by atoms with Crippen LogP contribution in [0.1, 0.15) is 155 Å². The molecule has 1 unspecified atom stereocenters. The van der Waals surface area contributed by atoms with Crippen LogP contribution >= 0.6 is 0 Å². The predicted molar refractivity (Wildman–Crippen MR) is 153 cm³/mol. The minimum Gasteiger partial charge on any atom is -0.481 e. The van der Waals surface area contributed by atoms with Gasteiger partial charge in [-0.3, -0.25) is 9.59 Å². The van der Waals surface area contributed by atoms with E-state index in [1.165, 1.54) is 115 Å². The number of carbonyl (C=O) groups is 2. The molecule has 0 aliphatic rings. The largest absolute Gasteiger partial charge is 0.481 e. The molecular weight excluding hydrogens is 448 g/mol. The third-order valence-corrected chi connectivity index (χ3v) is 6.94. The highest BCUT2D eigenvalue weighted by Gasteiger charge is 2.21. The highest BCUT2D eigenvalue weighted by atomic mass is 16.5. The fourth-order valence-corrected chi connectivity index (χ4v) is 4.60. The van der Waals surface area contributed by atoms with E-state index in [0.29, 0.717) is 6.42 Å². The zero-order chi connectivity index (χ0) is 26.5. The van der Waals surface area contributed by atoms with E-state index in [9.17, 15) is 14.7 Å². The van der Waals surface area contributed by atoms with Crippen LogP contribution < -0.4 is 0 Å². The van der Waals surface area contributed by atoms with Crippen LogP contribution in [0.3, 0.4) is 0 Å². The van der Waals surface area contributed by atoms with Crippen LogP contribution in [0.25, 0.3) is 0 Å². The second-order valence-corrected chi connectivity index (χ2v) is 10.4. The molecule has 0 spiro atoms. The average Bonchev–Trinajstić information content (AvgIpc) is 2.87. The maximum Gasteiger partial charge on any atom is 0.307 e. The number of ether oxygens (including phenoxy) is 1. The first kappa shape index (κ1) is 34.4. The van der Waals surface area contributed by atoms with Crippen molar-refractivity contribution >= 4 is 11.9 Å². The van der Waals surface area contributed by atoms with Gasteiger partial charge in [-0.15, -0.1) is 0 Å². The van der Waals surface area contributed by atoms with E-state index in [0.717, 1.165) is 25.7 Å². The zero-order valence-electron chi connectivity index (χ0n) is 23.7. The van der Waals surface area contributed by atoms with Gasteiger partial charge in [0, 0.05) is 0 Å². The van der Waals surface area contributed by atoms with Crippen LogP contribution in [-0.4, -0.2) is 23.7 Å². The Morgan fingerprint density at radius 3 is 1.53 bits per heavy atom. The van der Waals surface area contributed by atoms with Gasteiger partial charge >= 0.3 is 11.9 Å². The molecule has 4 nitrogen and oxygen atoms in total. The molecule has 1 atom stereocenters. The Balaban J connectivity index is 3.39. The summed E-state index contributed by atoms with van der Waals surface area (Å²) in [5.41, 5.74) is 0. The second-order valence-electron chi connectivity index (χ2n) is 10.4. The fraction of sp³-hybridized carbons (Fsp3) is 0.812. The van der Waals surface area contributed by atoms with Gasteiger partial charge in [0.15, 0.2) is 0 Å². The molecule has 0 rings (SSSR count). The Hall–Kier alpha value is -1.58. The number of esters is 1. The van der Waals surface area contributed by atoms with Crippen LogP contribution in [0, 0.1) is 5.92 Å². The van der Waals surface area contributed by atoms with Crippen molar-refractivity contribution < 1.29 is 19.4 Å². The Morgan fingerprint density at radius 2 is 1.11 bits per heavy atom. The van der Waals surface area contributed by atoms with Crippen molar-refractivity contribution in [3.05, 3.63) is 24.8 Å². The summed E-state index contributed by atoms with van der Waals surface area (Å²) in [5, 5.41) is 9.29. The molecule has 36 heavy (non-hydrogen) atoms. The van der Waals surface area contributed by atoms with Crippen molar-refractivity contribution in [3.63, 3.8) is 0 Å². The van der Waals surface area contributed by atoms with Gasteiger partial charge in [0.2, 0.25) is 0 Å². The molecule has 0 heterocycles. The van der Waals surface area contributed by atoms with Crippen molar-refractivity contribution in [1.29, 1.82) is 0 Å². The highest BCUT2D eigenvalue weighted by molar-refractivity contribution is 5.78. The molecule has 0 amide bonds. The number of carboxylic acid groups (broad SMARTS) is 1. The van der Waals surface area contributed by atoms with E-state index in [-0.39, 0.29) is 13.0 Å². The van der Waals surface area contributed by atoms with Crippen molar-refractivity contribution in [2.24, 2.45) is 5.92 Å². The number of allylic oxidation sites excluding steroid dienone is 2. The van der Waals surface area contributed by atoms with E-state index in [4.69, 9.17) is 4.74 Å². The summed E-state index contributed by atoms with van der Waals surface area (Å²) in [7, 11) is 0. The number of rotatable bonds is 28. The first-order valence-corrected chi connectivity index (χ1v) is 15.3. The quantitative estimate of drug-likeness (QED) is 0.0651. The summed E-state index contributed by atoms with van der Waals surface area (Å²) in [6.45, 7) is 5.91. The number of hydrogen-bond acceptors (Lipinski definition) is 3. The maximum absolute atomic E-state index is 11.6. The first-order chi connectivity index (χ1) is 17.6. The molecule has 0 radical (unpaired) electrons. The SMILES string of the molecule is C=CCOC(=O)CC(CCCCCCC/C=C/CCCCCCCCCCCCCCCC)C(=O)O. The minimum atomic E-state index is -0.908. The van der Waals surface area contributed by atoms with Crippen molar-refractivity contribution in [1.82, 2.24) is 0 Å². The summed E-state index contributed by atoms with van der Waals surface area (Å²) >= 11 is 0. The highest BCUT2D eigenvalue weighted by Crippen LogP contribution is 2.17. The van der Waals surface area contributed by atoms with Crippen molar-refractivity contribution in [2.45, 2.75) is 155 Å². The summed E-state index contributed by atoms with van der Waals surface area (Å²) in [6.07, 6.45) is 34.1. The lowest BCUT2D eigenvalue weighted by molar-refractivity contribution is -0.151. The van der Waals surface area contributed by atoms with Crippen LogP contribution in [0.4, 0.5) is 0 Å². The molecule has 0 aliphatic carbocycles. The van der Waals surface area contributed by atoms with Crippen LogP contribution in [-0.2, 0) is 14.3 Å². The maximum atomic E-state index is 11.6. The van der Waals surface area contributed by atoms with Gasteiger partial charge < -0.3 is 9.84 Å². The zero-order valence-corrected chi connectivity index (χ0v) is 23.7. The predicted octanol–water partition coefficient (Wildman–Crippen LogP) is 9.96. The van der Waals surface area contributed by atoms with E-state index in [1.807, 2.05) is 0 Å². The Labute approximate surface area is 223 Å². The van der Waals surface area contributed by atoms with Gasteiger partial charge in [-0.25, -0.2) is 0 Å². The molecule has 0 fully saturated rings. The molecule has 0 aliphatic heterocycles. The van der Waals surface area contributed by atoms with Crippen molar-refractivity contribution in [3.8, 4) is 0 Å². The number of aliphatic carboxylic acids is 1. The molecule has 0 aromatic heterocycles. The average molecular weight is 507 g/mol. The third-order valence-electron chi connectivity index (χ3n) is 6.94. The molecular formula is C32H58O4. The monoisotopic (exact) mass is 506 g/mol. The van der Waals surface area contributed by atoms with Gasteiger partial charge in [-0.1, -0.05) is 141 Å². The number of carboxylic acids is 1. The lowest BCUT2D eigenvalue weighted by atomic mass is 9.97. The number of unbranched alkanes of at least 4 members (excludes halogenated alkanes) is 19. The summed E-state index contributed by atoms with van der Waals surface area (Å²) in [5.74, 6) is -2.00. The standard InChI is InChI=1S/C32H58O4/c1-3-5-6-7-8-9-10-11-12-13-14-15-16-17-18-19-20-21-22-23-24-25-26-27-30(32(34)35)29-31(33)36-28-4-2/h4,19-20,30H,2-3,5-18,21-29H2,1H3,(H,34,35)/b20-19+. The van der Waals surface area contributed by atoms with Gasteiger partial charge in [0.1, 0.15) is 6.61 Å². The Kier molecular flexibility index (Phi) is 26.8. The molecule has 0 aromatic carbocycles. The molecule has 4 heteroatoms. The Morgan fingerprint density at radius 1 is 0.694 bits per heavy atom. The smallest absolute Gasteiger partial charge is 0.307 e. The molecule has 0 saturated heterocycles. The van der Waals surface area contributed by atoms with Gasteiger partial charge in [0.25, 0.3) is 0 Å². The summed E-state index contributed by atoms with van der Waals surface area (Å²) in [4.78, 5) is 22.9. The molecule has 0 saturated carbocycles. The van der Waals surface area contributed by atoms with Crippen molar-refractivity contribution in [2.75, 3.05) is 6.61 Å². The van der Waals surface area contributed by atoms with E-state index >= 15 is 0 Å². The molecule has 1 N–H and O–H groups in total. The normalized spacial score (nSPS) is 12.1. The summed E-state index contributed by atoms with van der Waals surface area (Å²) < 4.78 is 4.90. The number of carbonyl (C=O) groups excluding carboxylic acids is 1.